The summed E-state index contributed by atoms with van der Waals surface area (Å²) >= 11 is 0. The SMILES string of the molecule is Cc1cc2c([nH]1)-c1nc(N(C)C)ncc1CC2. The number of aromatic nitrogens is 3. The Balaban J connectivity index is 2.18. The average molecular weight is 228 g/mol. The third-order valence-corrected chi connectivity index (χ3v) is 3.19. The van der Waals surface area contributed by atoms with Crippen LogP contribution in [0.1, 0.15) is 16.8 Å². The highest BCUT2D eigenvalue weighted by atomic mass is 15.2. The second kappa shape index (κ2) is 3.58. The molecule has 0 saturated heterocycles. The molecule has 2 heterocycles. The van der Waals surface area contributed by atoms with Crippen LogP contribution in [-0.4, -0.2) is 29.0 Å². The standard InChI is InChI=1S/C13H16N4/c1-8-6-9-4-5-10-7-14-13(17(2)3)16-12(10)11(9)15-8/h6-7,15H,4-5H2,1-3H3. The van der Waals surface area contributed by atoms with Gasteiger partial charge in [-0.2, -0.15) is 0 Å². The van der Waals surface area contributed by atoms with E-state index in [1.165, 1.54) is 22.5 Å². The van der Waals surface area contributed by atoms with Crippen molar-refractivity contribution >= 4 is 5.95 Å². The van der Waals surface area contributed by atoms with Gasteiger partial charge in [-0.3, -0.25) is 0 Å². The second-order valence-electron chi connectivity index (χ2n) is 4.79. The maximum Gasteiger partial charge on any atom is 0.225 e. The lowest BCUT2D eigenvalue weighted by molar-refractivity contribution is 0.895. The molecule has 0 radical (unpaired) electrons. The second-order valence-corrected chi connectivity index (χ2v) is 4.79. The molecule has 0 unspecified atom stereocenters. The van der Waals surface area contributed by atoms with Crippen molar-refractivity contribution in [3.8, 4) is 11.4 Å². The van der Waals surface area contributed by atoms with E-state index in [0.29, 0.717) is 0 Å². The summed E-state index contributed by atoms with van der Waals surface area (Å²) in [4.78, 5) is 14.4. The normalized spacial score (nSPS) is 13.1. The van der Waals surface area contributed by atoms with Gasteiger partial charge in [0, 0.05) is 26.0 Å². The molecule has 0 bridgehead atoms. The van der Waals surface area contributed by atoms with Crippen LogP contribution in [0.15, 0.2) is 12.3 Å². The molecule has 17 heavy (non-hydrogen) atoms. The monoisotopic (exact) mass is 228 g/mol. The van der Waals surface area contributed by atoms with Crippen molar-refractivity contribution in [2.75, 3.05) is 19.0 Å². The van der Waals surface area contributed by atoms with Gasteiger partial charge in [-0.1, -0.05) is 0 Å². The lowest BCUT2D eigenvalue weighted by Gasteiger charge is -2.17. The first kappa shape index (κ1) is 10.3. The molecule has 0 atom stereocenters. The van der Waals surface area contributed by atoms with Crippen LogP contribution in [0.4, 0.5) is 5.95 Å². The van der Waals surface area contributed by atoms with Crippen molar-refractivity contribution in [3.05, 3.63) is 29.1 Å². The zero-order valence-electron chi connectivity index (χ0n) is 10.4. The third kappa shape index (κ3) is 1.60. The summed E-state index contributed by atoms with van der Waals surface area (Å²) in [6.07, 6.45) is 4.07. The van der Waals surface area contributed by atoms with Crippen molar-refractivity contribution in [1.82, 2.24) is 15.0 Å². The van der Waals surface area contributed by atoms with Gasteiger partial charge in [0.2, 0.25) is 5.95 Å². The topological polar surface area (TPSA) is 44.8 Å². The fraction of sp³-hybridized carbons (Fsp3) is 0.385. The van der Waals surface area contributed by atoms with E-state index in [4.69, 9.17) is 0 Å². The average Bonchev–Trinajstić information content (AvgIpc) is 2.69. The smallest absolute Gasteiger partial charge is 0.225 e. The Labute approximate surface area is 101 Å². The molecule has 1 aliphatic carbocycles. The van der Waals surface area contributed by atoms with Crippen molar-refractivity contribution in [1.29, 1.82) is 0 Å². The number of H-pyrrole nitrogens is 1. The number of aryl methyl sites for hydroxylation is 3. The molecule has 88 valence electrons. The van der Waals surface area contributed by atoms with Gasteiger partial charge >= 0.3 is 0 Å². The van der Waals surface area contributed by atoms with Gasteiger partial charge in [-0.05, 0) is 37.0 Å². The summed E-state index contributed by atoms with van der Waals surface area (Å²) in [5, 5.41) is 0. The van der Waals surface area contributed by atoms with Crippen molar-refractivity contribution < 1.29 is 0 Å². The van der Waals surface area contributed by atoms with Crippen LogP contribution in [0.25, 0.3) is 11.4 Å². The van der Waals surface area contributed by atoms with Crippen molar-refractivity contribution in [3.63, 3.8) is 0 Å². The maximum absolute atomic E-state index is 4.65. The Hall–Kier alpha value is -1.84. The zero-order valence-corrected chi connectivity index (χ0v) is 10.4. The highest BCUT2D eigenvalue weighted by molar-refractivity contribution is 5.67. The van der Waals surface area contributed by atoms with Crippen LogP contribution >= 0.6 is 0 Å². The van der Waals surface area contributed by atoms with Crippen LogP contribution in [-0.2, 0) is 12.8 Å². The van der Waals surface area contributed by atoms with E-state index in [1.807, 2.05) is 25.2 Å². The number of rotatable bonds is 1. The largest absolute Gasteiger partial charge is 0.357 e. The predicted molar refractivity (Wildman–Crippen MR) is 68.3 cm³/mol. The number of fused-ring (bicyclic) bond motifs is 3. The van der Waals surface area contributed by atoms with E-state index < -0.39 is 0 Å². The van der Waals surface area contributed by atoms with E-state index in [9.17, 15) is 0 Å². The number of nitrogens with zero attached hydrogens (tertiary/aromatic N) is 3. The molecule has 2 aromatic rings. The minimum absolute atomic E-state index is 0.767. The van der Waals surface area contributed by atoms with Gasteiger partial charge in [0.1, 0.15) is 0 Å². The molecule has 0 spiro atoms. The first-order valence-corrected chi connectivity index (χ1v) is 5.87. The Morgan fingerprint density at radius 2 is 2.00 bits per heavy atom. The summed E-state index contributed by atoms with van der Waals surface area (Å²) in [6.45, 7) is 2.09. The molecule has 4 nitrogen and oxygen atoms in total. The highest BCUT2D eigenvalue weighted by Gasteiger charge is 2.20. The van der Waals surface area contributed by atoms with E-state index >= 15 is 0 Å². The highest BCUT2D eigenvalue weighted by Crippen LogP contribution is 2.32. The summed E-state index contributed by atoms with van der Waals surface area (Å²) < 4.78 is 0. The number of nitrogens with one attached hydrogen (secondary N) is 1. The lowest BCUT2D eigenvalue weighted by atomic mass is 9.95. The fourth-order valence-corrected chi connectivity index (χ4v) is 2.34. The molecule has 0 aliphatic heterocycles. The van der Waals surface area contributed by atoms with Crippen LogP contribution in [0, 0.1) is 6.92 Å². The van der Waals surface area contributed by atoms with E-state index in [2.05, 4.69) is 27.9 Å². The van der Waals surface area contributed by atoms with E-state index in [-0.39, 0.29) is 0 Å². The predicted octanol–water partition coefficient (Wildman–Crippen LogP) is 1.94. The van der Waals surface area contributed by atoms with E-state index in [1.54, 1.807) is 0 Å². The summed E-state index contributed by atoms with van der Waals surface area (Å²) in [5.74, 6) is 0.767. The Morgan fingerprint density at radius 3 is 2.76 bits per heavy atom. The van der Waals surface area contributed by atoms with Crippen LogP contribution in [0.3, 0.4) is 0 Å². The molecule has 4 heteroatoms. The van der Waals surface area contributed by atoms with E-state index in [0.717, 1.165) is 24.5 Å². The molecule has 3 rings (SSSR count). The number of aromatic amines is 1. The molecular weight excluding hydrogens is 212 g/mol. The Bertz CT molecular complexity index is 569. The minimum atomic E-state index is 0.767. The summed E-state index contributed by atoms with van der Waals surface area (Å²) in [7, 11) is 3.93. The van der Waals surface area contributed by atoms with Crippen LogP contribution in [0.2, 0.25) is 0 Å². The molecule has 2 aromatic heterocycles. The van der Waals surface area contributed by atoms with Gasteiger partial charge in [0.15, 0.2) is 0 Å². The summed E-state index contributed by atoms with van der Waals surface area (Å²) in [5.41, 5.74) is 6.06. The quantitative estimate of drug-likeness (QED) is 0.811. The summed E-state index contributed by atoms with van der Waals surface area (Å²) in [6, 6.07) is 2.22. The number of anilines is 1. The first-order valence-electron chi connectivity index (χ1n) is 5.87. The maximum atomic E-state index is 4.65. The number of hydrogen-bond donors (Lipinski definition) is 1. The molecule has 0 amide bonds. The van der Waals surface area contributed by atoms with Crippen LogP contribution < -0.4 is 4.90 Å². The zero-order chi connectivity index (χ0) is 12.0. The Kier molecular flexibility index (Phi) is 2.18. The first-order chi connectivity index (χ1) is 8.15. The molecule has 1 N–H and O–H groups in total. The molecule has 0 aromatic carbocycles. The molecule has 0 fully saturated rings. The molecular formula is C13H16N4. The lowest BCUT2D eigenvalue weighted by Crippen LogP contribution is -2.15. The minimum Gasteiger partial charge on any atom is -0.357 e. The molecule has 0 saturated carbocycles. The van der Waals surface area contributed by atoms with Gasteiger partial charge in [-0.15, -0.1) is 0 Å². The number of hydrogen-bond acceptors (Lipinski definition) is 3. The van der Waals surface area contributed by atoms with Crippen molar-refractivity contribution in [2.45, 2.75) is 19.8 Å². The van der Waals surface area contributed by atoms with Crippen molar-refractivity contribution in [2.24, 2.45) is 0 Å². The van der Waals surface area contributed by atoms with Gasteiger partial charge in [0.25, 0.3) is 0 Å². The Morgan fingerprint density at radius 1 is 1.24 bits per heavy atom. The van der Waals surface area contributed by atoms with Gasteiger partial charge in [0.05, 0.1) is 11.4 Å². The molecule has 1 aliphatic rings. The van der Waals surface area contributed by atoms with Crippen LogP contribution in [0.5, 0.6) is 0 Å². The fourth-order valence-electron chi connectivity index (χ4n) is 2.34. The van der Waals surface area contributed by atoms with Gasteiger partial charge in [-0.25, -0.2) is 9.97 Å². The third-order valence-electron chi connectivity index (χ3n) is 3.19. The van der Waals surface area contributed by atoms with Gasteiger partial charge < -0.3 is 9.88 Å².